The topological polar surface area (TPSA) is 243 Å². The number of aliphatic hydroxyl groups is 2. The molecule has 4 rings (SSSR count). The normalized spacial score (nSPS) is 28.5. The maximum atomic E-state index is 12.2. The van der Waals surface area contributed by atoms with Crippen molar-refractivity contribution >= 4 is 7.82 Å². The van der Waals surface area contributed by atoms with Crippen LogP contribution in [-0.4, -0.2) is 71.8 Å². The monoisotopic (exact) mass is 578 g/mol. The molecule has 1 unspecified atom stereocenters. The Morgan fingerprint density at radius 1 is 0.949 bits per heavy atom. The van der Waals surface area contributed by atoms with E-state index in [-0.39, 0.29) is 24.0 Å². The van der Waals surface area contributed by atoms with Gasteiger partial charge in [-0.3, -0.25) is 33.6 Å². The van der Waals surface area contributed by atoms with Gasteiger partial charge in [-0.25, -0.2) is 23.9 Å². The number of aromatic nitrogens is 4. The largest absolute Gasteiger partial charge is 0.526 e. The second-order valence-electron chi connectivity index (χ2n) is 8.97. The van der Waals surface area contributed by atoms with Crippen molar-refractivity contribution in [3.8, 4) is 0 Å². The van der Waals surface area contributed by atoms with E-state index in [0.29, 0.717) is 0 Å². The number of phosphoric acid groups is 1. The Morgan fingerprint density at radius 3 is 2.05 bits per heavy atom. The van der Waals surface area contributed by atoms with Crippen molar-refractivity contribution < 1.29 is 48.3 Å². The van der Waals surface area contributed by atoms with E-state index < -0.39 is 80.4 Å². The van der Waals surface area contributed by atoms with Crippen LogP contribution in [0.4, 0.5) is 0 Å². The summed E-state index contributed by atoms with van der Waals surface area (Å²) in [5.41, 5.74) is -2.17. The van der Waals surface area contributed by atoms with Gasteiger partial charge in [0.1, 0.15) is 37.4 Å². The number of ether oxygens (including phenoxy) is 2. The quantitative estimate of drug-likeness (QED) is 0.116. The molecule has 0 amide bonds. The van der Waals surface area contributed by atoms with Gasteiger partial charge in [0.25, 0.3) is 11.1 Å². The number of nitrogens with zero attached hydrogens (tertiary/aromatic N) is 2. The van der Waals surface area contributed by atoms with Crippen molar-refractivity contribution in [3.05, 3.63) is 65.2 Å². The molecule has 0 spiro atoms. The van der Waals surface area contributed by atoms with Crippen LogP contribution >= 0.6 is 7.82 Å². The van der Waals surface area contributed by atoms with E-state index in [1.54, 1.807) is 0 Å². The lowest BCUT2D eigenvalue weighted by Gasteiger charge is -2.18. The summed E-state index contributed by atoms with van der Waals surface area (Å²) in [5.74, 6) is 0. The second-order valence-corrected chi connectivity index (χ2v) is 10.2. The van der Waals surface area contributed by atoms with Crippen molar-refractivity contribution in [2.75, 3.05) is 13.2 Å². The molecule has 39 heavy (non-hydrogen) atoms. The Bertz CT molecular complexity index is 1470. The number of aryl methyl sites for hydroxylation is 2. The van der Waals surface area contributed by atoms with Gasteiger partial charge in [-0.05, 0) is 13.8 Å². The lowest BCUT2D eigenvalue weighted by Crippen LogP contribution is -2.33. The van der Waals surface area contributed by atoms with E-state index in [1.807, 2.05) is 0 Å². The molecular formula is C20H27N4O14P. The van der Waals surface area contributed by atoms with Crippen LogP contribution in [0.3, 0.4) is 0 Å². The van der Waals surface area contributed by atoms with Crippen LogP contribution in [-0.2, 0) is 33.2 Å². The summed E-state index contributed by atoms with van der Waals surface area (Å²) in [4.78, 5) is 71.0. The Labute approximate surface area is 217 Å². The molecule has 2 aromatic heterocycles. The smallest absolute Gasteiger partial charge is 0.394 e. The Hall–Kier alpha value is -2.77. The summed E-state index contributed by atoms with van der Waals surface area (Å²) in [6.07, 6.45) is -3.94. The van der Waals surface area contributed by atoms with E-state index >= 15 is 0 Å². The zero-order valence-electron chi connectivity index (χ0n) is 20.6. The lowest BCUT2D eigenvalue weighted by molar-refractivity contribution is -0.308. The van der Waals surface area contributed by atoms with Crippen molar-refractivity contribution in [2.24, 2.45) is 0 Å². The third-order valence-electron chi connectivity index (χ3n) is 6.12. The summed E-state index contributed by atoms with van der Waals surface area (Å²) in [6.45, 7) is 1.82. The van der Waals surface area contributed by atoms with E-state index in [0.717, 1.165) is 9.13 Å². The number of H-pyrrole nitrogens is 2. The molecule has 0 saturated carbocycles. The second kappa shape index (κ2) is 11.8. The van der Waals surface area contributed by atoms with Crippen LogP contribution in [0.1, 0.15) is 36.4 Å². The van der Waals surface area contributed by atoms with Gasteiger partial charge in [-0.1, -0.05) is 0 Å². The van der Waals surface area contributed by atoms with Crippen LogP contribution in [0.25, 0.3) is 0 Å². The highest BCUT2D eigenvalue weighted by atomic mass is 31.2. The zero-order valence-corrected chi connectivity index (χ0v) is 21.5. The van der Waals surface area contributed by atoms with Crippen molar-refractivity contribution in [3.63, 3.8) is 0 Å². The third-order valence-corrected chi connectivity index (χ3v) is 6.69. The van der Waals surface area contributed by atoms with Crippen LogP contribution in [0, 0.1) is 13.8 Å². The SMILES string of the molecule is Cc1cn([C@H]2C[C@H](OOP(=O)(O)OOC[C@H]3O[C@@H](n4cc(C)c(=O)[nH]c4=O)C[C@@H]3O)[C@@H](CO)O2)c(=O)[nH]c1=O. The van der Waals surface area contributed by atoms with Gasteiger partial charge in [-0.15, -0.1) is 9.35 Å². The Balaban J connectivity index is 1.29. The van der Waals surface area contributed by atoms with Gasteiger partial charge < -0.3 is 19.7 Å². The zero-order chi connectivity index (χ0) is 28.5. The van der Waals surface area contributed by atoms with Crippen molar-refractivity contribution in [1.82, 2.24) is 19.1 Å². The van der Waals surface area contributed by atoms with Crippen LogP contribution in [0.2, 0.25) is 0 Å². The van der Waals surface area contributed by atoms with Crippen LogP contribution < -0.4 is 22.5 Å². The summed E-state index contributed by atoms with van der Waals surface area (Å²) >= 11 is 0. The fourth-order valence-electron chi connectivity index (χ4n) is 4.06. The molecule has 2 aliphatic heterocycles. The van der Waals surface area contributed by atoms with E-state index in [1.165, 1.54) is 26.2 Å². The summed E-state index contributed by atoms with van der Waals surface area (Å²) in [7, 11) is -5.00. The lowest BCUT2D eigenvalue weighted by atomic mass is 10.2. The number of aliphatic hydroxyl groups excluding tert-OH is 2. The highest BCUT2D eigenvalue weighted by Gasteiger charge is 2.41. The molecule has 19 heteroatoms. The summed E-state index contributed by atoms with van der Waals surface area (Å²) in [6, 6.07) is 0. The molecule has 2 aliphatic rings. The molecule has 0 aliphatic carbocycles. The number of rotatable bonds is 10. The third kappa shape index (κ3) is 6.69. The molecule has 18 nitrogen and oxygen atoms in total. The molecule has 0 radical (unpaired) electrons. The minimum atomic E-state index is -5.00. The number of aromatic amines is 2. The first-order valence-electron chi connectivity index (χ1n) is 11.6. The standard InChI is InChI=1S/C20H27N4O14P/c1-9-5-23(19(29)21-17(9)27)15-3-11(26)14(35-15)8-33-37-39(31,32)38-36-12-4-16(34-13(12)7-25)24-6-10(2)18(28)22-20(24)30/h5-6,11-16,25-26H,3-4,7-8H2,1-2H3,(H,31,32)(H,21,27,29)(H,22,28,30)/t11-,12-,13+,14+,15+,16+/m0/s1. The summed E-state index contributed by atoms with van der Waals surface area (Å²) < 4.78 is 34.3. The maximum absolute atomic E-state index is 12.2. The van der Waals surface area contributed by atoms with Crippen LogP contribution in [0.15, 0.2) is 31.6 Å². The average Bonchev–Trinajstić information content (AvgIpc) is 3.45. The minimum Gasteiger partial charge on any atom is -0.394 e. The molecule has 2 aromatic rings. The first-order chi connectivity index (χ1) is 18.4. The Kier molecular flexibility index (Phi) is 8.82. The maximum Gasteiger partial charge on any atom is 0.526 e. The Morgan fingerprint density at radius 2 is 1.49 bits per heavy atom. The van der Waals surface area contributed by atoms with Crippen molar-refractivity contribution in [2.45, 2.75) is 63.6 Å². The fraction of sp³-hybridized carbons (Fsp3) is 0.600. The first kappa shape index (κ1) is 29.2. The molecule has 0 aromatic carbocycles. The number of hydrogen-bond acceptors (Lipinski definition) is 13. The van der Waals surface area contributed by atoms with Gasteiger partial charge in [0.05, 0.1) is 12.7 Å². The van der Waals surface area contributed by atoms with Gasteiger partial charge in [0.15, 0.2) is 0 Å². The van der Waals surface area contributed by atoms with Gasteiger partial charge in [0, 0.05) is 36.4 Å². The fourth-order valence-corrected chi connectivity index (χ4v) is 4.50. The molecule has 2 fully saturated rings. The predicted octanol–water partition coefficient (Wildman–Crippen LogP) is -2.00. The van der Waals surface area contributed by atoms with E-state index in [9.17, 15) is 38.8 Å². The molecule has 4 heterocycles. The molecule has 0 bridgehead atoms. The molecule has 7 atom stereocenters. The molecule has 216 valence electrons. The highest BCUT2D eigenvalue weighted by molar-refractivity contribution is 7.47. The van der Waals surface area contributed by atoms with E-state index in [2.05, 4.69) is 19.3 Å². The van der Waals surface area contributed by atoms with E-state index in [4.69, 9.17) is 19.2 Å². The minimum absolute atomic E-state index is 0.0425. The molecule has 2 saturated heterocycles. The van der Waals surface area contributed by atoms with Crippen LogP contribution in [0.5, 0.6) is 0 Å². The molecule has 5 N–H and O–H groups in total. The number of nitrogens with one attached hydrogen (secondary N) is 2. The average molecular weight is 578 g/mol. The first-order valence-corrected chi connectivity index (χ1v) is 13.1. The number of hydrogen-bond donors (Lipinski definition) is 5. The molecular weight excluding hydrogens is 551 g/mol. The van der Waals surface area contributed by atoms with Gasteiger partial charge in [-0.2, -0.15) is 0 Å². The van der Waals surface area contributed by atoms with Crippen molar-refractivity contribution in [1.29, 1.82) is 0 Å². The summed E-state index contributed by atoms with van der Waals surface area (Å²) in [5, 5.41) is 19.8. The van der Waals surface area contributed by atoms with Gasteiger partial charge >= 0.3 is 19.2 Å². The highest BCUT2D eigenvalue weighted by Crippen LogP contribution is 2.45. The van der Waals surface area contributed by atoms with Gasteiger partial charge in [0.2, 0.25) is 0 Å². The predicted molar refractivity (Wildman–Crippen MR) is 125 cm³/mol.